The molecule has 5 rings (SSSR count). The maximum absolute atomic E-state index is 13.1. The molecule has 1 aliphatic heterocycles. The molecular weight excluding hydrogens is 444 g/mol. The molecule has 34 heavy (non-hydrogen) atoms. The van der Waals surface area contributed by atoms with Crippen molar-refractivity contribution in [1.29, 1.82) is 0 Å². The van der Waals surface area contributed by atoms with E-state index in [0.717, 1.165) is 60.5 Å². The number of carbonyl (C=O) groups excluding carboxylic acids is 1. The number of thiophene rings is 1. The maximum Gasteiger partial charge on any atom is 0.253 e. The van der Waals surface area contributed by atoms with Crippen LogP contribution in [0, 0.1) is 11.8 Å². The van der Waals surface area contributed by atoms with Crippen LogP contribution in [-0.2, 0) is 19.3 Å². The Labute approximate surface area is 206 Å². The Morgan fingerprint density at radius 3 is 2.56 bits per heavy atom. The first-order valence-corrected chi connectivity index (χ1v) is 13.2. The molecule has 2 aliphatic rings. The molecule has 1 atom stereocenters. The van der Waals surface area contributed by atoms with Crippen molar-refractivity contribution in [3.8, 4) is 5.75 Å². The van der Waals surface area contributed by atoms with Crippen LogP contribution in [0.1, 0.15) is 53.8 Å². The minimum atomic E-state index is 0.0811. The number of hydrogen-bond acceptors (Lipinski definition) is 6. The predicted molar refractivity (Wildman–Crippen MR) is 138 cm³/mol. The molecule has 2 aromatic heterocycles. The summed E-state index contributed by atoms with van der Waals surface area (Å²) in [6, 6.07) is 7.38. The van der Waals surface area contributed by atoms with Crippen LogP contribution in [0.5, 0.6) is 5.75 Å². The largest absolute Gasteiger partial charge is 0.497 e. The highest BCUT2D eigenvalue weighted by molar-refractivity contribution is 7.19. The molecule has 0 spiro atoms. The smallest absolute Gasteiger partial charge is 0.253 e. The van der Waals surface area contributed by atoms with Crippen molar-refractivity contribution in [2.24, 2.45) is 11.8 Å². The molecule has 0 radical (unpaired) electrons. The van der Waals surface area contributed by atoms with E-state index < -0.39 is 0 Å². The molecule has 1 saturated heterocycles. The third-order valence-electron chi connectivity index (χ3n) is 6.98. The minimum absolute atomic E-state index is 0.0811. The van der Waals surface area contributed by atoms with Gasteiger partial charge in [0, 0.05) is 43.0 Å². The van der Waals surface area contributed by atoms with Crippen molar-refractivity contribution in [3.63, 3.8) is 0 Å². The van der Waals surface area contributed by atoms with Gasteiger partial charge in [-0.25, -0.2) is 9.97 Å². The lowest BCUT2D eigenvalue weighted by Crippen LogP contribution is -2.49. The van der Waals surface area contributed by atoms with Crippen LogP contribution in [0.4, 0.5) is 5.82 Å². The molecule has 1 aliphatic carbocycles. The first-order chi connectivity index (χ1) is 16.4. The lowest BCUT2D eigenvalue weighted by Gasteiger charge is -2.36. The standard InChI is InChI=1S/C27H34N4O2S/c1-17(2)15-23-28-25(24-21-10-5-18(3)16-22(21)34-26(24)29-23)30-11-13-31(14-12-30)27(32)19-6-8-20(33-4)9-7-19/h6-9,17-18H,5,10-16H2,1-4H3. The van der Waals surface area contributed by atoms with Gasteiger partial charge in [0.25, 0.3) is 5.91 Å². The summed E-state index contributed by atoms with van der Waals surface area (Å²) in [6.45, 7) is 9.75. The molecule has 1 unspecified atom stereocenters. The average molecular weight is 479 g/mol. The lowest BCUT2D eigenvalue weighted by atomic mass is 9.89. The number of fused-ring (bicyclic) bond motifs is 3. The number of anilines is 1. The minimum Gasteiger partial charge on any atom is -0.497 e. The molecule has 6 nitrogen and oxygen atoms in total. The fraction of sp³-hybridized carbons (Fsp3) is 0.519. The van der Waals surface area contributed by atoms with Gasteiger partial charge in [0.15, 0.2) is 0 Å². The number of ether oxygens (including phenoxy) is 1. The summed E-state index contributed by atoms with van der Waals surface area (Å²) in [5.74, 6) is 4.13. The van der Waals surface area contributed by atoms with Crippen LogP contribution in [0.2, 0.25) is 0 Å². The number of amides is 1. The van der Waals surface area contributed by atoms with Gasteiger partial charge < -0.3 is 14.5 Å². The van der Waals surface area contributed by atoms with Gasteiger partial charge in [0.05, 0.1) is 12.5 Å². The zero-order valence-corrected chi connectivity index (χ0v) is 21.5. The zero-order chi connectivity index (χ0) is 23.8. The highest BCUT2D eigenvalue weighted by Crippen LogP contribution is 2.41. The Bertz CT molecular complexity index is 1180. The number of aryl methyl sites for hydroxylation is 1. The number of benzene rings is 1. The second-order valence-electron chi connectivity index (χ2n) is 10.1. The van der Waals surface area contributed by atoms with E-state index in [9.17, 15) is 4.79 Å². The van der Waals surface area contributed by atoms with Gasteiger partial charge in [-0.15, -0.1) is 11.3 Å². The van der Waals surface area contributed by atoms with Gasteiger partial charge >= 0.3 is 0 Å². The highest BCUT2D eigenvalue weighted by atomic mass is 32.1. The lowest BCUT2D eigenvalue weighted by molar-refractivity contribution is 0.0746. The SMILES string of the molecule is COc1ccc(C(=O)N2CCN(c3nc(CC(C)C)nc4sc5c(c34)CCC(C)C5)CC2)cc1. The molecule has 3 aromatic rings. The van der Waals surface area contributed by atoms with Crippen molar-refractivity contribution in [1.82, 2.24) is 14.9 Å². The first-order valence-electron chi connectivity index (χ1n) is 12.4. The quantitative estimate of drug-likeness (QED) is 0.517. The van der Waals surface area contributed by atoms with Crippen LogP contribution in [0.3, 0.4) is 0 Å². The number of nitrogens with zero attached hydrogens (tertiary/aromatic N) is 4. The summed E-state index contributed by atoms with van der Waals surface area (Å²) >= 11 is 1.88. The van der Waals surface area contributed by atoms with E-state index in [2.05, 4.69) is 25.7 Å². The van der Waals surface area contributed by atoms with E-state index in [1.54, 1.807) is 7.11 Å². The summed E-state index contributed by atoms with van der Waals surface area (Å²) in [5, 5.41) is 1.27. The molecular formula is C27H34N4O2S. The van der Waals surface area contributed by atoms with Crippen molar-refractivity contribution in [3.05, 3.63) is 46.1 Å². The summed E-state index contributed by atoms with van der Waals surface area (Å²) in [6.07, 6.45) is 4.39. The van der Waals surface area contributed by atoms with Crippen LogP contribution in [0.25, 0.3) is 10.2 Å². The molecule has 0 saturated carbocycles. The Morgan fingerprint density at radius 1 is 1.15 bits per heavy atom. The summed E-state index contributed by atoms with van der Waals surface area (Å²) in [7, 11) is 1.64. The van der Waals surface area contributed by atoms with Gasteiger partial charge in [-0.2, -0.15) is 0 Å². The van der Waals surface area contributed by atoms with E-state index in [-0.39, 0.29) is 5.91 Å². The monoisotopic (exact) mass is 478 g/mol. The Kier molecular flexibility index (Phi) is 6.47. The summed E-state index contributed by atoms with van der Waals surface area (Å²) < 4.78 is 5.22. The second kappa shape index (κ2) is 9.53. The molecule has 3 heterocycles. The second-order valence-corrected chi connectivity index (χ2v) is 11.2. The van der Waals surface area contributed by atoms with Crippen LogP contribution in [0.15, 0.2) is 24.3 Å². The fourth-order valence-electron chi connectivity index (χ4n) is 5.09. The average Bonchev–Trinajstić information content (AvgIpc) is 3.20. The number of aromatic nitrogens is 2. The normalized spacial score (nSPS) is 18.4. The zero-order valence-electron chi connectivity index (χ0n) is 20.6. The molecule has 7 heteroatoms. The summed E-state index contributed by atoms with van der Waals surface area (Å²) in [4.78, 5) is 30.2. The fourth-order valence-corrected chi connectivity index (χ4v) is 6.48. The van der Waals surface area contributed by atoms with Crippen LogP contribution >= 0.6 is 11.3 Å². The van der Waals surface area contributed by atoms with E-state index in [1.807, 2.05) is 40.5 Å². The van der Waals surface area contributed by atoms with E-state index in [4.69, 9.17) is 14.7 Å². The number of rotatable bonds is 5. The molecule has 0 N–H and O–H groups in total. The van der Waals surface area contributed by atoms with Gasteiger partial charge in [-0.3, -0.25) is 4.79 Å². The van der Waals surface area contributed by atoms with Gasteiger partial charge in [-0.1, -0.05) is 20.8 Å². The maximum atomic E-state index is 13.1. The Hall–Kier alpha value is -2.67. The topological polar surface area (TPSA) is 58.6 Å². The Morgan fingerprint density at radius 2 is 1.88 bits per heavy atom. The molecule has 180 valence electrons. The number of methoxy groups -OCH3 is 1. The number of piperazine rings is 1. The summed E-state index contributed by atoms with van der Waals surface area (Å²) in [5.41, 5.74) is 2.18. The van der Waals surface area contributed by atoms with Gasteiger partial charge in [0.2, 0.25) is 0 Å². The first kappa shape index (κ1) is 23.1. The van der Waals surface area contributed by atoms with E-state index in [1.165, 1.54) is 22.2 Å². The van der Waals surface area contributed by atoms with Crippen LogP contribution < -0.4 is 9.64 Å². The van der Waals surface area contributed by atoms with Crippen molar-refractivity contribution >= 4 is 33.3 Å². The number of carbonyl (C=O) groups is 1. The molecule has 1 amide bonds. The van der Waals surface area contributed by atoms with E-state index in [0.29, 0.717) is 24.6 Å². The van der Waals surface area contributed by atoms with Crippen molar-refractivity contribution < 1.29 is 9.53 Å². The Balaban J connectivity index is 1.41. The van der Waals surface area contributed by atoms with Crippen molar-refractivity contribution in [2.75, 3.05) is 38.2 Å². The molecule has 1 aromatic carbocycles. The van der Waals surface area contributed by atoms with E-state index >= 15 is 0 Å². The van der Waals surface area contributed by atoms with Crippen LogP contribution in [-0.4, -0.2) is 54.1 Å². The molecule has 1 fully saturated rings. The predicted octanol–water partition coefficient (Wildman–Crippen LogP) is 4.99. The van der Waals surface area contributed by atoms with Gasteiger partial charge in [-0.05, 0) is 60.9 Å². The van der Waals surface area contributed by atoms with Crippen molar-refractivity contribution in [2.45, 2.75) is 46.5 Å². The molecule has 0 bridgehead atoms. The number of hydrogen-bond donors (Lipinski definition) is 0. The van der Waals surface area contributed by atoms with Gasteiger partial charge in [0.1, 0.15) is 22.2 Å². The third kappa shape index (κ3) is 4.50. The third-order valence-corrected chi connectivity index (χ3v) is 8.12. The highest BCUT2D eigenvalue weighted by Gasteiger charge is 2.29.